The van der Waals surface area contributed by atoms with Gasteiger partial charge in [0.1, 0.15) is 0 Å². The molecule has 0 amide bonds. The summed E-state index contributed by atoms with van der Waals surface area (Å²) in [4.78, 5) is 15.7. The van der Waals surface area contributed by atoms with Crippen LogP contribution in [0.25, 0.3) is 120 Å². The zero-order valence-electron chi connectivity index (χ0n) is 33.0. The Morgan fingerprint density at radius 1 is 0.262 bits per heavy atom. The lowest BCUT2D eigenvalue weighted by molar-refractivity contribution is 1.08. The van der Waals surface area contributed by atoms with Crippen molar-refractivity contribution < 1.29 is 0 Å². The number of benzene rings is 10. The zero-order chi connectivity index (χ0) is 40.3. The van der Waals surface area contributed by atoms with E-state index in [2.05, 4.69) is 194 Å². The molecule has 0 saturated heterocycles. The van der Waals surface area contributed by atoms with Crippen molar-refractivity contribution in [1.29, 1.82) is 0 Å². The van der Waals surface area contributed by atoms with E-state index in [9.17, 15) is 0 Å². The van der Waals surface area contributed by atoms with Crippen LogP contribution in [0.2, 0.25) is 0 Å². The zero-order valence-corrected chi connectivity index (χ0v) is 33.8. The normalized spacial score (nSPS) is 11.6. The summed E-state index contributed by atoms with van der Waals surface area (Å²) in [6.07, 6.45) is 0. The molecule has 0 fully saturated rings. The van der Waals surface area contributed by atoms with Crippen molar-refractivity contribution in [2.24, 2.45) is 0 Å². The van der Waals surface area contributed by atoms with E-state index in [1.54, 1.807) is 11.3 Å². The van der Waals surface area contributed by atoms with Crippen molar-refractivity contribution in [1.82, 2.24) is 15.0 Å². The molecular weight excluding hydrogens is 759 g/mol. The first-order valence-electron chi connectivity index (χ1n) is 20.6. The fraction of sp³-hybridized carbons (Fsp3) is 0. The predicted octanol–water partition coefficient (Wildman–Crippen LogP) is 15.7. The molecule has 0 atom stereocenters. The van der Waals surface area contributed by atoms with E-state index in [1.165, 1.54) is 75.1 Å². The molecule has 0 radical (unpaired) electrons. The largest absolute Gasteiger partial charge is 0.208 e. The second-order valence-electron chi connectivity index (χ2n) is 15.5. The van der Waals surface area contributed by atoms with E-state index in [-0.39, 0.29) is 0 Å². The fourth-order valence-electron chi connectivity index (χ4n) is 9.00. The first-order valence-corrected chi connectivity index (χ1v) is 21.4. The molecular formula is C57H35N3S. The summed E-state index contributed by atoms with van der Waals surface area (Å²) >= 11 is 1.79. The SMILES string of the molecule is c1ccc(-c2cccc(-c3ccc4cc(-c5ccc(-c6nc(-c7ccccc7)nc(-c7cccc8c7sc7ccccc78)n6)c6ccccc56)c5ccccc5c4c3)c2)cc1. The lowest BCUT2D eigenvalue weighted by Gasteiger charge is -2.16. The summed E-state index contributed by atoms with van der Waals surface area (Å²) in [6, 6.07) is 75.9. The highest BCUT2D eigenvalue weighted by molar-refractivity contribution is 7.26. The van der Waals surface area contributed by atoms with Crippen LogP contribution in [0.5, 0.6) is 0 Å². The van der Waals surface area contributed by atoms with Crippen LogP contribution >= 0.6 is 11.3 Å². The Bertz CT molecular complexity index is 3650. The van der Waals surface area contributed by atoms with Crippen LogP contribution in [-0.4, -0.2) is 15.0 Å². The molecule has 2 aromatic heterocycles. The monoisotopic (exact) mass is 793 g/mol. The van der Waals surface area contributed by atoms with Crippen molar-refractivity contribution in [3.05, 3.63) is 212 Å². The van der Waals surface area contributed by atoms with Crippen molar-refractivity contribution in [2.75, 3.05) is 0 Å². The average molecular weight is 794 g/mol. The predicted molar refractivity (Wildman–Crippen MR) is 258 cm³/mol. The number of rotatable bonds is 6. The van der Waals surface area contributed by atoms with Gasteiger partial charge in [-0.05, 0) is 102 Å². The smallest absolute Gasteiger partial charge is 0.165 e. The van der Waals surface area contributed by atoms with Crippen LogP contribution in [0.1, 0.15) is 0 Å². The van der Waals surface area contributed by atoms with Gasteiger partial charge in [-0.1, -0.05) is 176 Å². The maximum absolute atomic E-state index is 5.30. The minimum atomic E-state index is 0.650. The molecule has 0 aliphatic heterocycles. The summed E-state index contributed by atoms with van der Waals surface area (Å²) < 4.78 is 2.43. The van der Waals surface area contributed by atoms with E-state index < -0.39 is 0 Å². The standard InChI is InChI=1S/C57H35N3S/c1-3-15-36(16-4-1)38-19-13-20-39(33-38)40-29-30-41-35-52(45-24-10-9-23-44(45)51(41)34-40)46-31-32-49(43-22-8-7-21-42(43)46)56-58-55(37-17-5-2-6-18-37)59-57(60-56)50-27-14-26-48-47-25-11-12-28-53(47)61-54(48)50/h1-35H. The molecule has 0 unspecified atom stereocenters. The van der Waals surface area contributed by atoms with E-state index in [0.29, 0.717) is 17.5 Å². The molecule has 0 bridgehead atoms. The maximum Gasteiger partial charge on any atom is 0.165 e. The Balaban J connectivity index is 1.02. The van der Waals surface area contributed by atoms with Crippen LogP contribution in [-0.2, 0) is 0 Å². The molecule has 0 aliphatic carbocycles. The average Bonchev–Trinajstić information content (AvgIpc) is 3.73. The third-order valence-corrected chi connectivity index (χ3v) is 13.2. The van der Waals surface area contributed by atoms with Crippen LogP contribution in [0.3, 0.4) is 0 Å². The summed E-state index contributed by atoms with van der Waals surface area (Å²) in [6.45, 7) is 0. The van der Waals surface area contributed by atoms with Crippen LogP contribution in [0.4, 0.5) is 0 Å². The molecule has 12 rings (SSSR count). The van der Waals surface area contributed by atoms with Gasteiger partial charge >= 0.3 is 0 Å². The summed E-state index contributed by atoms with van der Waals surface area (Å²) in [5.41, 5.74) is 10.1. The van der Waals surface area contributed by atoms with Crippen molar-refractivity contribution >= 4 is 63.8 Å². The molecule has 0 saturated carbocycles. The van der Waals surface area contributed by atoms with Gasteiger partial charge in [-0.2, -0.15) is 0 Å². The van der Waals surface area contributed by atoms with Crippen LogP contribution in [0, 0.1) is 0 Å². The van der Waals surface area contributed by atoms with Crippen LogP contribution in [0.15, 0.2) is 212 Å². The highest BCUT2D eigenvalue weighted by Gasteiger charge is 2.20. The maximum atomic E-state index is 5.30. The molecule has 2 heterocycles. The van der Waals surface area contributed by atoms with Gasteiger partial charge in [0.15, 0.2) is 17.5 Å². The Hall–Kier alpha value is -7.79. The molecule has 284 valence electrons. The van der Waals surface area contributed by atoms with Gasteiger partial charge in [0.05, 0.1) is 0 Å². The highest BCUT2D eigenvalue weighted by atomic mass is 32.1. The van der Waals surface area contributed by atoms with Gasteiger partial charge in [0, 0.05) is 36.9 Å². The molecule has 61 heavy (non-hydrogen) atoms. The molecule has 0 N–H and O–H groups in total. The van der Waals surface area contributed by atoms with Gasteiger partial charge in [-0.25, -0.2) is 15.0 Å². The molecule has 0 spiro atoms. The third kappa shape index (κ3) is 6.07. The van der Waals surface area contributed by atoms with E-state index in [1.807, 2.05) is 18.2 Å². The van der Waals surface area contributed by atoms with Gasteiger partial charge in [-0.3, -0.25) is 0 Å². The Kier molecular flexibility index (Phi) is 8.36. The Morgan fingerprint density at radius 2 is 0.787 bits per heavy atom. The van der Waals surface area contributed by atoms with Gasteiger partial charge < -0.3 is 0 Å². The first kappa shape index (κ1) is 35.2. The topological polar surface area (TPSA) is 38.7 Å². The molecule has 3 nitrogen and oxygen atoms in total. The number of hydrogen-bond acceptors (Lipinski definition) is 4. The molecule has 10 aromatic carbocycles. The van der Waals surface area contributed by atoms with Gasteiger partial charge in [0.2, 0.25) is 0 Å². The van der Waals surface area contributed by atoms with E-state index in [0.717, 1.165) is 27.5 Å². The minimum absolute atomic E-state index is 0.650. The number of fused-ring (bicyclic) bond motifs is 7. The van der Waals surface area contributed by atoms with E-state index >= 15 is 0 Å². The number of nitrogens with zero attached hydrogens (tertiary/aromatic N) is 3. The number of aromatic nitrogens is 3. The molecule has 0 aliphatic rings. The minimum Gasteiger partial charge on any atom is -0.208 e. The number of hydrogen-bond donors (Lipinski definition) is 0. The first-order chi connectivity index (χ1) is 30.2. The summed E-state index contributed by atoms with van der Waals surface area (Å²) in [5.74, 6) is 1.97. The van der Waals surface area contributed by atoms with Gasteiger partial charge in [0.25, 0.3) is 0 Å². The lowest BCUT2D eigenvalue weighted by atomic mass is 9.88. The lowest BCUT2D eigenvalue weighted by Crippen LogP contribution is -2.01. The molecule has 12 aromatic rings. The summed E-state index contributed by atoms with van der Waals surface area (Å²) in [7, 11) is 0. The summed E-state index contributed by atoms with van der Waals surface area (Å²) in [5, 5.41) is 9.59. The number of thiophene rings is 1. The Labute approximate surface area is 356 Å². The second kappa shape index (κ2) is 14.5. The van der Waals surface area contributed by atoms with Crippen molar-refractivity contribution in [3.63, 3.8) is 0 Å². The van der Waals surface area contributed by atoms with Crippen LogP contribution < -0.4 is 0 Å². The van der Waals surface area contributed by atoms with Crippen molar-refractivity contribution in [2.45, 2.75) is 0 Å². The van der Waals surface area contributed by atoms with Gasteiger partial charge in [-0.15, -0.1) is 11.3 Å². The fourth-order valence-corrected chi connectivity index (χ4v) is 10.2. The third-order valence-electron chi connectivity index (χ3n) is 11.9. The second-order valence-corrected chi connectivity index (χ2v) is 16.6. The van der Waals surface area contributed by atoms with E-state index in [4.69, 9.17) is 15.0 Å². The molecule has 4 heteroatoms. The highest BCUT2D eigenvalue weighted by Crippen LogP contribution is 2.43. The quantitative estimate of drug-likeness (QED) is 0.157. The van der Waals surface area contributed by atoms with Crippen molar-refractivity contribution in [3.8, 4) is 67.5 Å². The Morgan fingerprint density at radius 3 is 1.56 bits per heavy atom.